The van der Waals surface area contributed by atoms with Gasteiger partial charge in [-0.1, -0.05) is 13.0 Å². The van der Waals surface area contributed by atoms with Crippen LogP contribution in [-0.4, -0.2) is 27.1 Å². The number of carboxylic acids is 2. The molecule has 0 aromatic carbocycles. The Morgan fingerprint density at radius 2 is 2.00 bits per heavy atom. The summed E-state index contributed by atoms with van der Waals surface area (Å²) in [7, 11) is 0. The molecule has 0 saturated carbocycles. The summed E-state index contributed by atoms with van der Waals surface area (Å²) in [6.45, 7) is 1.61. The molecule has 0 fully saturated rings. The molecule has 0 aliphatic carbocycles. The van der Waals surface area contributed by atoms with Gasteiger partial charge in [-0.2, -0.15) is 0 Å². The van der Waals surface area contributed by atoms with Crippen LogP contribution in [0.3, 0.4) is 0 Å². The van der Waals surface area contributed by atoms with Gasteiger partial charge in [-0.05, 0) is 24.0 Å². The highest BCUT2D eigenvalue weighted by Crippen LogP contribution is 2.17. The molecule has 0 bridgehead atoms. The van der Waals surface area contributed by atoms with Crippen molar-refractivity contribution in [2.75, 3.05) is 0 Å². The third kappa shape index (κ3) is 3.05. The van der Waals surface area contributed by atoms with Crippen LogP contribution in [0.5, 0.6) is 0 Å². The molecule has 2 N–H and O–H groups in total. The van der Waals surface area contributed by atoms with E-state index in [1.165, 1.54) is 0 Å². The van der Waals surface area contributed by atoms with Gasteiger partial charge in [-0.3, -0.25) is 14.6 Å². The highest BCUT2D eigenvalue weighted by Gasteiger charge is 2.31. The van der Waals surface area contributed by atoms with Crippen LogP contribution >= 0.6 is 0 Å². The van der Waals surface area contributed by atoms with Crippen molar-refractivity contribution in [1.82, 2.24) is 4.98 Å². The Hall–Kier alpha value is -1.91. The first-order chi connectivity index (χ1) is 7.52. The van der Waals surface area contributed by atoms with Gasteiger partial charge in [-0.25, -0.2) is 0 Å². The van der Waals surface area contributed by atoms with E-state index in [0.717, 1.165) is 5.56 Å². The van der Waals surface area contributed by atoms with Crippen LogP contribution in [0.4, 0.5) is 0 Å². The van der Waals surface area contributed by atoms with Gasteiger partial charge in [0.05, 0.1) is 0 Å². The number of pyridine rings is 1. The van der Waals surface area contributed by atoms with Crippen LogP contribution in [0.25, 0.3) is 0 Å². The van der Waals surface area contributed by atoms with Crippen LogP contribution in [0.1, 0.15) is 12.5 Å². The van der Waals surface area contributed by atoms with Crippen molar-refractivity contribution >= 4 is 11.9 Å². The molecule has 0 saturated heterocycles. The van der Waals surface area contributed by atoms with Gasteiger partial charge in [0.15, 0.2) is 5.92 Å². The Bertz CT molecular complexity index is 363. The second kappa shape index (κ2) is 5.25. The summed E-state index contributed by atoms with van der Waals surface area (Å²) >= 11 is 0. The third-order valence-corrected chi connectivity index (χ3v) is 2.38. The fourth-order valence-electron chi connectivity index (χ4n) is 1.60. The number of carbonyl (C=O) groups is 2. The predicted molar refractivity (Wildman–Crippen MR) is 55.9 cm³/mol. The lowest BCUT2D eigenvalue weighted by molar-refractivity contribution is -0.156. The number of nitrogens with zero attached hydrogens (tertiary/aromatic N) is 1. The molecular weight excluding hydrogens is 210 g/mol. The number of rotatable bonds is 5. The smallest absolute Gasteiger partial charge is 0.318 e. The van der Waals surface area contributed by atoms with E-state index in [1.807, 2.05) is 0 Å². The van der Waals surface area contributed by atoms with Crippen molar-refractivity contribution < 1.29 is 19.8 Å². The average molecular weight is 223 g/mol. The molecular formula is C11H13NO4. The van der Waals surface area contributed by atoms with E-state index >= 15 is 0 Å². The van der Waals surface area contributed by atoms with Crippen LogP contribution < -0.4 is 0 Å². The van der Waals surface area contributed by atoms with Crippen LogP contribution in [0.15, 0.2) is 24.5 Å². The quantitative estimate of drug-likeness (QED) is 0.728. The van der Waals surface area contributed by atoms with Gasteiger partial charge < -0.3 is 10.2 Å². The Morgan fingerprint density at radius 3 is 2.44 bits per heavy atom. The van der Waals surface area contributed by atoms with Crippen LogP contribution in [0.2, 0.25) is 0 Å². The fraction of sp³-hybridized carbons (Fsp3) is 0.364. The van der Waals surface area contributed by atoms with Crippen LogP contribution in [0, 0.1) is 11.8 Å². The maximum absolute atomic E-state index is 10.8. The van der Waals surface area contributed by atoms with E-state index in [4.69, 9.17) is 10.2 Å². The topological polar surface area (TPSA) is 87.5 Å². The number of hydrogen-bond donors (Lipinski definition) is 2. The Balaban J connectivity index is 2.74. The van der Waals surface area contributed by atoms with Crippen molar-refractivity contribution in [2.45, 2.75) is 13.3 Å². The maximum atomic E-state index is 10.8. The maximum Gasteiger partial charge on any atom is 0.318 e. The zero-order valence-corrected chi connectivity index (χ0v) is 8.83. The molecule has 1 aromatic rings. The standard InChI is InChI=1S/C11H13NO4/c1-7(9(10(13)14)11(15)16)5-8-3-2-4-12-6-8/h2-4,6-7,9H,5H2,1H3,(H,13,14)(H,15,16). The monoisotopic (exact) mass is 223 g/mol. The number of hydrogen-bond acceptors (Lipinski definition) is 3. The highest BCUT2D eigenvalue weighted by atomic mass is 16.4. The lowest BCUT2D eigenvalue weighted by Gasteiger charge is -2.15. The summed E-state index contributed by atoms with van der Waals surface area (Å²) in [5.41, 5.74) is 0.836. The van der Waals surface area contributed by atoms with Gasteiger partial charge in [0, 0.05) is 12.4 Å². The van der Waals surface area contributed by atoms with E-state index in [-0.39, 0.29) is 0 Å². The van der Waals surface area contributed by atoms with Gasteiger partial charge in [0.1, 0.15) is 0 Å². The lowest BCUT2D eigenvalue weighted by Crippen LogP contribution is -2.30. The van der Waals surface area contributed by atoms with E-state index < -0.39 is 23.8 Å². The average Bonchev–Trinajstić information content (AvgIpc) is 2.17. The van der Waals surface area contributed by atoms with Crippen molar-refractivity contribution in [3.05, 3.63) is 30.1 Å². The Kier molecular flexibility index (Phi) is 3.99. The first-order valence-electron chi connectivity index (χ1n) is 4.87. The zero-order chi connectivity index (χ0) is 12.1. The molecule has 0 radical (unpaired) electrons. The third-order valence-electron chi connectivity index (χ3n) is 2.38. The largest absolute Gasteiger partial charge is 0.481 e. The molecule has 1 atom stereocenters. The molecule has 86 valence electrons. The van der Waals surface area contributed by atoms with Gasteiger partial charge in [0.25, 0.3) is 0 Å². The summed E-state index contributed by atoms with van der Waals surface area (Å²) in [6, 6.07) is 3.53. The SMILES string of the molecule is CC(Cc1cccnc1)C(C(=O)O)C(=O)O. The van der Waals surface area contributed by atoms with Crippen molar-refractivity contribution in [1.29, 1.82) is 0 Å². The molecule has 5 nitrogen and oxygen atoms in total. The summed E-state index contributed by atoms with van der Waals surface area (Å²) in [5.74, 6) is -4.45. The summed E-state index contributed by atoms with van der Waals surface area (Å²) in [6.07, 6.45) is 3.61. The Morgan fingerprint density at radius 1 is 1.38 bits per heavy atom. The number of aliphatic carboxylic acids is 2. The second-order valence-corrected chi connectivity index (χ2v) is 3.70. The molecule has 0 aliphatic rings. The van der Waals surface area contributed by atoms with Crippen molar-refractivity contribution in [3.63, 3.8) is 0 Å². The molecule has 1 rings (SSSR count). The Labute approximate surface area is 92.8 Å². The summed E-state index contributed by atoms with van der Waals surface area (Å²) in [4.78, 5) is 25.4. The number of aromatic nitrogens is 1. The minimum atomic E-state index is -1.37. The first-order valence-corrected chi connectivity index (χ1v) is 4.87. The summed E-state index contributed by atoms with van der Waals surface area (Å²) in [5, 5.41) is 17.6. The van der Waals surface area contributed by atoms with Gasteiger partial charge >= 0.3 is 11.9 Å². The lowest BCUT2D eigenvalue weighted by atomic mass is 9.89. The minimum Gasteiger partial charge on any atom is -0.481 e. The molecule has 1 heterocycles. The van der Waals surface area contributed by atoms with E-state index in [2.05, 4.69) is 4.98 Å². The molecule has 0 amide bonds. The zero-order valence-electron chi connectivity index (χ0n) is 8.83. The van der Waals surface area contributed by atoms with Gasteiger partial charge in [0.2, 0.25) is 0 Å². The first kappa shape index (κ1) is 12.2. The molecule has 16 heavy (non-hydrogen) atoms. The van der Waals surface area contributed by atoms with Crippen LogP contribution in [-0.2, 0) is 16.0 Å². The second-order valence-electron chi connectivity index (χ2n) is 3.70. The molecule has 1 aromatic heterocycles. The van der Waals surface area contributed by atoms with Crippen molar-refractivity contribution in [3.8, 4) is 0 Å². The highest BCUT2D eigenvalue weighted by molar-refractivity contribution is 5.93. The molecule has 0 spiro atoms. The van der Waals surface area contributed by atoms with Gasteiger partial charge in [-0.15, -0.1) is 0 Å². The summed E-state index contributed by atoms with van der Waals surface area (Å²) < 4.78 is 0. The molecule has 5 heteroatoms. The molecule has 1 unspecified atom stereocenters. The predicted octanol–water partition coefficient (Wildman–Crippen LogP) is 1.05. The fourth-order valence-corrected chi connectivity index (χ4v) is 1.60. The normalized spacial score (nSPS) is 12.4. The molecule has 0 aliphatic heterocycles. The van der Waals surface area contributed by atoms with E-state index in [0.29, 0.717) is 6.42 Å². The van der Waals surface area contributed by atoms with E-state index in [9.17, 15) is 9.59 Å². The van der Waals surface area contributed by atoms with E-state index in [1.54, 1.807) is 31.5 Å². The number of carboxylic acid groups (broad SMARTS) is 2. The minimum absolute atomic E-state index is 0.386. The van der Waals surface area contributed by atoms with Crippen molar-refractivity contribution in [2.24, 2.45) is 11.8 Å².